The van der Waals surface area contributed by atoms with Gasteiger partial charge >= 0.3 is 6.18 Å². The Labute approximate surface area is 333 Å². The van der Waals surface area contributed by atoms with Crippen molar-refractivity contribution in [1.29, 1.82) is 0 Å². The molecule has 0 aromatic heterocycles. The Bertz CT molecular complexity index is 1820. The maximum atomic E-state index is 12.6. The molecule has 0 heterocycles. The Balaban J connectivity index is 0.000000419. The van der Waals surface area contributed by atoms with Crippen molar-refractivity contribution < 1.29 is 37.3 Å². The Morgan fingerprint density at radius 1 is 0.632 bits per heavy atom. The van der Waals surface area contributed by atoms with Gasteiger partial charge in [-0.15, -0.1) is 0 Å². The number of aromatic hydroxyl groups is 1. The molecule has 0 atom stereocenters. The average Bonchev–Trinajstić information content (AvgIpc) is 3.19. The zero-order valence-electron chi connectivity index (χ0n) is 32.6. The summed E-state index contributed by atoms with van der Waals surface area (Å²) in [6.07, 6.45) is -4.39. The van der Waals surface area contributed by atoms with E-state index in [1.54, 1.807) is 60.7 Å². The van der Waals surface area contributed by atoms with Crippen molar-refractivity contribution in [3.05, 3.63) is 162 Å². The number of rotatable bonds is 20. The van der Waals surface area contributed by atoms with Crippen molar-refractivity contribution in [1.82, 2.24) is 21.3 Å². The molecule has 0 bridgehead atoms. The number of phenolic OH excluding ortho intramolecular Hbond substituents is 1. The minimum atomic E-state index is -4.39. The number of nitrogens with one attached hydrogen (secondary N) is 6. The Morgan fingerprint density at radius 3 is 1.61 bits per heavy atom. The van der Waals surface area contributed by atoms with E-state index in [1.165, 1.54) is 12.1 Å². The van der Waals surface area contributed by atoms with Crippen LogP contribution < -0.4 is 31.9 Å². The number of allylic oxidation sites excluding steroid dienone is 1. The molecule has 0 saturated heterocycles. The van der Waals surface area contributed by atoms with Gasteiger partial charge < -0.3 is 46.5 Å². The second-order valence-electron chi connectivity index (χ2n) is 11.9. The zero-order valence-corrected chi connectivity index (χ0v) is 32.6. The van der Waals surface area contributed by atoms with Crippen molar-refractivity contribution >= 4 is 23.2 Å². The van der Waals surface area contributed by atoms with Crippen LogP contribution in [0.2, 0.25) is 0 Å². The van der Waals surface area contributed by atoms with Gasteiger partial charge in [0.1, 0.15) is 17.4 Å². The standard InChI is InChI=1S/C25H23F3N4O2.C16H24N2O3.C2H6/c1-16(30-17(2)32-22-11-13-23(33)14-12-22)31-21-9-5-19(6-10-21)24(34)29-15-18-3-7-20(8-4-18)25(26,27)28;1-14(2)17-8-10-20-12-13-21-11-9-18-16(19)15-6-4-3-5-7-15;1-2/h3-14,30-33H,1-2,15H2,(H,29,34);3-7,17H,1,8-13H2,2H3,(H,18,19);1-2H3. The summed E-state index contributed by atoms with van der Waals surface area (Å²) in [7, 11) is 0. The molecule has 0 aliphatic carbocycles. The predicted octanol–water partition coefficient (Wildman–Crippen LogP) is 8.00. The summed E-state index contributed by atoms with van der Waals surface area (Å²) in [6.45, 7) is 20.9. The highest BCUT2D eigenvalue weighted by Gasteiger charge is 2.29. The van der Waals surface area contributed by atoms with Crippen molar-refractivity contribution in [2.45, 2.75) is 33.5 Å². The molecule has 0 aliphatic heterocycles. The number of carbonyl (C=O) groups is 2. The predicted molar refractivity (Wildman–Crippen MR) is 220 cm³/mol. The largest absolute Gasteiger partial charge is 0.508 e. The molecule has 2 amide bonds. The van der Waals surface area contributed by atoms with E-state index in [1.807, 2.05) is 39.0 Å². The number of hydrogen-bond donors (Lipinski definition) is 7. The average molecular weight is 791 g/mol. The SMILES string of the molecule is C=C(C)NCCOCCOCCNC(=O)c1ccccc1.C=C(NC(=C)Nc1ccc(C(=O)NCc2ccc(C(F)(F)F)cc2)cc1)Nc1ccc(O)cc1.CC. The number of benzene rings is 4. The van der Waals surface area contributed by atoms with Crippen LogP contribution in [0.1, 0.15) is 52.6 Å². The fourth-order valence-corrected chi connectivity index (χ4v) is 4.53. The van der Waals surface area contributed by atoms with Gasteiger partial charge in [-0.3, -0.25) is 9.59 Å². The molecule has 4 aromatic carbocycles. The molecular formula is C43H53F3N6O5. The third-order valence-electron chi connectivity index (χ3n) is 7.25. The molecule has 11 nitrogen and oxygen atoms in total. The van der Waals surface area contributed by atoms with Crippen LogP contribution in [0.15, 0.2) is 140 Å². The fourth-order valence-electron chi connectivity index (χ4n) is 4.53. The first-order valence-electron chi connectivity index (χ1n) is 18.2. The lowest BCUT2D eigenvalue weighted by atomic mass is 10.1. The van der Waals surface area contributed by atoms with Crippen LogP contribution >= 0.6 is 0 Å². The number of amides is 2. The molecule has 7 N–H and O–H groups in total. The van der Waals surface area contributed by atoms with Crippen LogP contribution in [-0.2, 0) is 22.2 Å². The van der Waals surface area contributed by atoms with E-state index in [0.717, 1.165) is 30.1 Å². The highest BCUT2D eigenvalue weighted by molar-refractivity contribution is 5.94. The first kappa shape index (κ1) is 46.9. The van der Waals surface area contributed by atoms with Gasteiger partial charge in [0.05, 0.1) is 32.0 Å². The third-order valence-corrected chi connectivity index (χ3v) is 7.25. The minimum Gasteiger partial charge on any atom is -0.508 e. The van der Waals surface area contributed by atoms with Crippen molar-refractivity contribution in [2.75, 3.05) is 50.2 Å². The Kier molecular flexibility index (Phi) is 21.2. The van der Waals surface area contributed by atoms with E-state index in [-0.39, 0.29) is 24.1 Å². The number of anilines is 2. The van der Waals surface area contributed by atoms with Gasteiger partial charge in [-0.25, -0.2) is 0 Å². The molecule has 306 valence electrons. The van der Waals surface area contributed by atoms with E-state index in [0.29, 0.717) is 67.0 Å². The van der Waals surface area contributed by atoms with Gasteiger partial charge in [-0.2, -0.15) is 13.2 Å². The van der Waals surface area contributed by atoms with Gasteiger partial charge in [0.25, 0.3) is 11.8 Å². The third kappa shape index (κ3) is 19.8. The van der Waals surface area contributed by atoms with Gasteiger partial charge in [0.15, 0.2) is 0 Å². The second-order valence-corrected chi connectivity index (χ2v) is 11.9. The molecule has 0 spiro atoms. The van der Waals surface area contributed by atoms with Crippen molar-refractivity contribution in [2.24, 2.45) is 0 Å². The van der Waals surface area contributed by atoms with Crippen LogP contribution in [0.5, 0.6) is 5.75 Å². The summed E-state index contributed by atoms with van der Waals surface area (Å²) < 4.78 is 48.6. The molecule has 57 heavy (non-hydrogen) atoms. The lowest BCUT2D eigenvalue weighted by molar-refractivity contribution is -0.137. The van der Waals surface area contributed by atoms with E-state index in [9.17, 15) is 27.9 Å². The minimum absolute atomic E-state index is 0.0821. The molecule has 4 rings (SSSR count). The Morgan fingerprint density at radius 2 is 1.11 bits per heavy atom. The van der Waals surface area contributed by atoms with E-state index in [2.05, 4.69) is 51.6 Å². The lowest BCUT2D eigenvalue weighted by Gasteiger charge is -2.16. The van der Waals surface area contributed by atoms with Crippen LogP contribution in [0, 0.1) is 0 Å². The van der Waals surface area contributed by atoms with Crippen LogP contribution in [0.3, 0.4) is 0 Å². The van der Waals surface area contributed by atoms with E-state index >= 15 is 0 Å². The highest BCUT2D eigenvalue weighted by Crippen LogP contribution is 2.29. The molecule has 0 fully saturated rings. The summed E-state index contributed by atoms with van der Waals surface area (Å²) in [5.74, 6) is 0.626. The summed E-state index contributed by atoms with van der Waals surface area (Å²) in [4.78, 5) is 24.0. The molecule has 0 saturated carbocycles. The number of halogens is 3. The molecule has 14 heteroatoms. The molecule has 4 aromatic rings. The maximum Gasteiger partial charge on any atom is 0.416 e. The highest BCUT2D eigenvalue weighted by atomic mass is 19.4. The van der Waals surface area contributed by atoms with Crippen molar-refractivity contribution in [3.8, 4) is 5.75 Å². The first-order chi connectivity index (χ1) is 27.3. The number of phenols is 1. The normalized spacial score (nSPS) is 10.3. The van der Waals surface area contributed by atoms with E-state index < -0.39 is 11.7 Å². The number of hydrogen-bond acceptors (Lipinski definition) is 9. The van der Waals surface area contributed by atoms with Crippen LogP contribution in [0.4, 0.5) is 24.5 Å². The smallest absolute Gasteiger partial charge is 0.416 e. The van der Waals surface area contributed by atoms with Gasteiger partial charge in [0, 0.05) is 47.8 Å². The quantitative estimate of drug-likeness (QED) is 0.0350. The van der Waals surface area contributed by atoms with Gasteiger partial charge in [-0.1, -0.05) is 63.9 Å². The number of alkyl halides is 3. The second kappa shape index (κ2) is 25.8. The zero-order chi connectivity index (χ0) is 42.1. The molecule has 0 aliphatic rings. The molecule has 0 radical (unpaired) electrons. The van der Waals surface area contributed by atoms with Crippen LogP contribution in [-0.4, -0.2) is 56.4 Å². The molecular weight excluding hydrogens is 738 g/mol. The topological polar surface area (TPSA) is 145 Å². The first-order valence-corrected chi connectivity index (χ1v) is 18.2. The monoisotopic (exact) mass is 790 g/mol. The lowest BCUT2D eigenvalue weighted by Crippen LogP contribution is -2.27. The maximum absolute atomic E-state index is 12.6. The summed E-state index contributed by atoms with van der Waals surface area (Å²) in [5, 5.41) is 26.9. The number of carbonyl (C=O) groups excluding carboxylic acids is 2. The van der Waals surface area contributed by atoms with Gasteiger partial charge in [0.2, 0.25) is 0 Å². The fraction of sp³-hybridized carbons (Fsp3) is 0.256. The van der Waals surface area contributed by atoms with Crippen molar-refractivity contribution in [3.63, 3.8) is 0 Å². The number of ether oxygens (including phenoxy) is 2. The Hall–Kier alpha value is -6.25. The summed E-state index contributed by atoms with van der Waals surface area (Å²) in [5.41, 5.74) is 3.22. The summed E-state index contributed by atoms with van der Waals surface area (Å²) in [6, 6.07) is 26.8. The van der Waals surface area contributed by atoms with Gasteiger partial charge in [-0.05, 0) is 85.3 Å². The van der Waals surface area contributed by atoms with Crippen LogP contribution in [0.25, 0.3) is 0 Å². The molecule has 0 unspecified atom stereocenters. The summed E-state index contributed by atoms with van der Waals surface area (Å²) >= 11 is 0. The van der Waals surface area contributed by atoms with E-state index in [4.69, 9.17) is 9.47 Å².